The Hall–Kier alpha value is -1.75. The summed E-state index contributed by atoms with van der Waals surface area (Å²) >= 11 is 5.61. The van der Waals surface area contributed by atoms with Crippen LogP contribution in [-0.2, 0) is 6.18 Å². The van der Waals surface area contributed by atoms with Gasteiger partial charge in [-0.1, -0.05) is 17.7 Å². The molecular formula is C13H8ClF4N. The highest BCUT2D eigenvalue weighted by atomic mass is 35.5. The van der Waals surface area contributed by atoms with Crippen molar-refractivity contribution in [1.29, 1.82) is 0 Å². The van der Waals surface area contributed by atoms with Gasteiger partial charge in [-0.05, 0) is 30.3 Å². The van der Waals surface area contributed by atoms with Crippen molar-refractivity contribution in [3.05, 3.63) is 52.8 Å². The molecule has 0 aromatic heterocycles. The molecule has 0 amide bonds. The van der Waals surface area contributed by atoms with E-state index in [1.165, 1.54) is 12.1 Å². The van der Waals surface area contributed by atoms with Gasteiger partial charge in [0.05, 0.1) is 5.56 Å². The van der Waals surface area contributed by atoms with E-state index < -0.39 is 17.6 Å². The molecule has 19 heavy (non-hydrogen) atoms. The molecule has 0 unspecified atom stereocenters. The number of hydrogen-bond acceptors (Lipinski definition) is 1. The van der Waals surface area contributed by atoms with E-state index in [0.717, 1.165) is 24.3 Å². The zero-order valence-corrected chi connectivity index (χ0v) is 10.2. The fourth-order valence-corrected chi connectivity index (χ4v) is 1.85. The van der Waals surface area contributed by atoms with Gasteiger partial charge in [0.1, 0.15) is 5.82 Å². The highest BCUT2D eigenvalue weighted by Gasteiger charge is 2.30. The van der Waals surface area contributed by atoms with Gasteiger partial charge in [0.2, 0.25) is 0 Å². The molecule has 0 saturated carbocycles. The monoisotopic (exact) mass is 289 g/mol. The molecule has 0 atom stereocenters. The average molecular weight is 290 g/mol. The number of benzene rings is 2. The van der Waals surface area contributed by atoms with Gasteiger partial charge < -0.3 is 5.73 Å². The van der Waals surface area contributed by atoms with Crippen LogP contribution in [0.25, 0.3) is 11.1 Å². The molecule has 2 aromatic rings. The van der Waals surface area contributed by atoms with Crippen LogP contribution in [0.15, 0.2) is 36.4 Å². The van der Waals surface area contributed by atoms with Gasteiger partial charge in [-0.15, -0.1) is 0 Å². The third-order valence-corrected chi connectivity index (χ3v) is 2.84. The third kappa shape index (κ3) is 2.81. The van der Waals surface area contributed by atoms with E-state index in [9.17, 15) is 17.6 Å². The van der Waals surface area contributed by atoms with Crippen molar-refractivity contribution in [2.45, 2.75) is 6.18 Å². The van der Waals surface area contributed by atoms with Crippen molar-refractivity contribution < 1.29 is 17.6 Å². The standard InChI is InChI=1S/C13H8ClF4N/c14-8-2-4-9(11(15)6-8)10-3-1-7(5-12(10)19)13(16,17)18/h1-6H,19H2. The first-order valence-corrected chi connectivity index (χ1v) is 5.59. The number of nitrogen functional groups attached to an aromatic ring is 1. The van der Waals surface area contributed by atoms with Gasteiger partial charge in [-0.3, -0.25) is 0 Å². The van der Waals surface area contributed by atoms with Gasteiger partial charge in [-0.25, -0.2) is 4.39 Å². The van der Waals surface area contributed by atoms with Crippen molar-refractivity contribution in [1.82, 2.24) is 0 Å². The number of hydrogen-bond donors (Lipinski definition) is 1. The van der Waals surface area contributed by atoms with Crippen LogP contribution in [0, 0.1) is 5.82 Å². The number of nitrogens with two attached hydrogens (primary N) is 1. The predicted octanol–water partition coefficient (Wildman–Crippen LogP) is 4.75. The second-order valence-corrected chi connectivity index (χ2v) is 4.36. The predicted molar refractivity (Wildman–Crippen MR) is 66.3 cm³/mol. The molecule has 0 aliphatic rings. The number of halogens is 5. The first-order chi connectivity index (χ1) is 8.79. The van der Waals surface area contributed by atoms with Gasteiger partial charge >= 0.3 is 6.18 Å². The number of anilines is 1. The Bertz CT molecular complexity index is 623. The number of rotatable bonds is 1. The summed E-state index contributed by atoms with van der Waals surface area (Å²) in [6.45, 7) is 0. The fraction of sp³-hybridized carbons (Fsp3) is 0.0769. The van der Waals surface area contributed by atoms with Crippen LogP contribution in [0.3, 0.4) is 0 Å². The van der Waals surface area contributed by atoms with Gasteiger partial charge in [-0.2, -0.15) is 13.2 Å². The Morgan fingerprint density at radius 2 is 1.58 bits per heavy atom. The highest BCUT2D eigenvalue weighted by Crippen LogP contribution is 2.35. The van der Waals surface area contributed by atoms with E-state index in [1.807, 2.05) is 0 Å². The molecule has 0 heterocycles. The molecule has 0 radical (unpaired) electrons. The van der Waals surface area contributed by atoms with E-state index in [2.05, 4.69) is 0 Å². The first-order valence-electron chi connectivity index (χ1n) is 5.21. The third-order valence-electron chi connectivity index (χ3n) is 2.60. The maximum absolute atomic E-state index is 13.7. The lowest BCUT2D eigenvalue weighted by Gasteiger charge is -2.11. The smallest absolute Gasteiger partial charge is 0.398 e. The molecule has 0 aliphatic heterocycles. The lowest BCUT2D eigenvalue weighted by molar-refractivity contribution is -0.137. The van der Waals surface area contributed by atoms with E-state index in [0.29, 0.717) is 0 Å². The summed E-state index contributed by atoms with van der Waals surface area (Å²) in [4.78, 5) is 0. The van der Waals surface area contributed by atoms with Crippen LogP contribution in [-0.4, -0.2) is 0 Å². The zero-order valence-electron chi connectivity index (χ0n) is 9.43. The summed E-state index contributed by atoms with van der Waals surface area (Å²) in [5.41, 5.74) is 4.85. The van der Waals surface area contributed by atoms with Crippen LogP contribution in [0.4, 0.5) is 23.2 Å². The summed E-state index contributed by atoms with van der Waals surface area (Å²) in [5, 5.41) is 0.201. The largest absolute Gasteiger partial charge is 0.416 e. The van der Waals surface area contributed by atoms with Crippen molar-refractivity contribution in [2.75, 3.05) is 5.73 Å². The summed E-state index contributed by atoms with van der Waals surface area (Å²) < 4.78 is 51.1. The first kappa shape index (κ1) is 13.7. The molecule has 2 aromatic carbocycles. The number of alkyl halides is 3. The Kier molecular flexibility index (Phi) is 3.41. The van der Waals surface area contributed by atoms with Gasteiger partial charge in [0.25, 0.3) is 0 Å². The second-order valence-electron chi connectivity index (χ2n) is 3.92. The van der Waals surface area contributed by atoms with Crippen LogP contribution < -0.4 is 5.73 Å². The second kappa shape index (κ2) is 4.74. The molecular weight excluding hydrogens is 282 g/mol. The molecule has 0 bridgehead atoms. The fourth-order valence-electron chi connectivity index (χ4n) is 1.69. The van der Waals surface area contributed by atoms with Crippen molar-refractivity contribution in [2.24, 2.45) is 0 Å². The summed E-state index contributed by atoms with van der Waals surface area (Å²) in [7, 11) is 0. The molecule has 2 N–H and O–H groups in total. The Balaban J connectivity index is 2.52. The normalized spacial score (nSPS) is 11.6. The van der Waals surface area contributed by atoms with E-state index in [4.69, 9.17) is 17.3 Å². The van der Waals surface area contributed by atoms with Crippen molar-refractivity contribution >= 4 is 17.3 Å². The Morgan fingerprint density at radius 1 is 0.947 bits per heavy atom. The molecule has 0 fully saturated rings. The molecule has 0 aliphatic carbocycles. The van der Waals surface area contributed by atoms with Crippen LogP contribution >= 0.6 is 11.6 Å². The molecule has 0 saturated heterocycles. The molecule has 6 heteroatoms. The van der Waals surface area contributed by atoms with Crippen molar-refractivity contribution in [3.63, 3.8) is 0 Å². The topological polar surface area (TPSA) is 26.0 Å². The van der Waals surface area contributed by atoms with Gasteiger partial charge in [0.15, 0.2) is 0 Å². The Morgan fingerprint density at radius 3 is 2.11 bits per heavy atom. The summed E-state index contributed by atoms with van der Waals surface area (Å²) in [6, 6.07) is 6.68. The van der Waals surface area contributed by atoms with Crippen LogP contribution in [0.1, 0.15) is 5.56 Å². The lowest BCUT2D eigenvalue weighted by Crippen LogP contribution is -2.06. The SMILES string of the molecule is Nc1cc(C(F)(F)F)ccc1-c1ccc(Cl)cc1F. The van der Waals surface area contributed by atoms with E-state index >= 15 is 0 Å². The van der Waals surface area contributed by atoms with Crippen LogP contribution in [0.2, 0.25) is 5.02 Å². The average Bonchev–Trinajstić information content (AvgIpc) is 2.28. The molecule has 2 rings (SSSR count). The van der Waals surface area contributed by atoms with Crippen LogP contribution in [0.5, 0.6) is 0 Å². The van der Waals surface area contributed by atoms with Crippen molar-refractivity contribution in [3.8, 4) is 11.1 Å². The molecule has 0 spiro atoms. The maximum Gasteiger partial charge on any atom is 0.416 e. The summed E-state index contributed by atoms with van der Waals surface area (Å²) in [5.74, 6) is -0.640. The minimum absolute atomic E-state index is 0.107. The summed E-state index contributed by atoms with van der Waals surface area (Å²) in [6.07, 6.45) is -4.48. The highest BCUT2D eigenvalue weighted by molar-refractivity contribution is 6.30. The lowest BCUT2D eigenvalue weighted by atomic mass is 10.0. The van der Waals surface area contributed by atoms with Gasteiger partial charge in [0, 0.05) is 21.8 Å². The minimum atomic E-state index is -4.48. The van der Waals surface area contributed by atoms with E-state index in [1.54, 1.807) is 0 Å². The maximum atomic E-state index is 13.7. The zero-order chi connectivity index (χ0) is 14.2. The quantitative estimate of drug-likeness (QED) is 0.595. The van der Waals surface area contributed by atoms with E-state index in [-0.39, 0.29) is 21.8 Å². The Labute approximate surface area is 111 Å². The molecule has 100 valence electrons. The minimum Gasteiger partial charge on any atom is -0.398 e. The molecule has 1 nitrogen and oxygen atoms in total.